The minimum absolute atomic E-state index is 0.440. The van der Waals surface area contributed by atoms with Crippen LogP contribution in [-0.4, -0.2) is 62.5 Å². The third-order valence-corrected chi connectivity index (χ3v) is 6.17. The first-order valence-corrected chi connectivity index (χ1v) is 9.22. The van der Waals surface area contributed by atoms with Gasteiger partial charge in [0.15, 0.2) is 5.13 Å². The van der Waals surface area contributed by atoms with Crippen molar-refractivity contribution in [1.29, 1.82) is 0 Å². The van der Waals surface area contributed by atoms with E-state index in [1.165, 1.54) is 37.2 Å². The number of thiazole rings is 1. The van der Waals surface area contributed by atoms with Crippen molar-refractivity contribution >= 4 is 16.5 Å². The predicted octanol–water partition coefficient (Wildman–Crippen LogP) is 1.98. The molecule has 0 bridgehead atoms. The molecular weight excluding hydrogens is 298 g/mol. The standard InChI is InChI=1S/C16H25N3O2S/c1-2-16(3-7-21-13-16)12-18(4-1)11-14-10-17-15(22-14)19-5-8-20-9-6-19/h10H,1-9,11-13H2/t16-/m0/s1. The van der Waals surface area contributed by atoms with Gasteiger partial charge in [-0.05, 0) is 25.8 Å². The van der Waals surface area contributed by atoms with Gasteiger partial charge in [0.2, 0.25) is 0 Å². The molecule has 5 nitrogen and oxygen atoms in total. The highest BCUT2D eigenvalue weighted by molar-refractivity contribution is 7.15. The zero-order valence-corrected chi connectivity index (χ0v) is 13.9. The number of piperidine rings is 1. The summed E-state index contributed by atoms with van der Waals surface area (Å²) >= 11 is 1.85. The Hall–Kier alpha value is -0.690. The Labute approximate surface area is 136 Å². The summed E-state index contributed by atoms with van der Waals surface area (Å²) in [6, 6.07) is 0. The first kappa shape index (κ1) is 14.9. The van der Waals surface area contributed by atoms with Crippen LogP contribution < -0.4 is 4.90 Å². The van der Waals surface area contributed by atoms with Gasteiger partial charge in [0.05, 0.1) is 19.8 Å². The molecule has 6 heteroatoms. The van der Waals surface area contributed by atoms with E-state index in [1.54, 1.807) is 0 Å². The second kappa shape index (κ2) is 6.43. The Balaban J connectivity index is 1.37. The molecular formula is C16H25N3O2S. The summed E-state index contributed by atoms with van der Waals surface area (Å²) in [5.74, 6) is 0. The Morgan fingerprint density at radius 2 is 2.05 bits per heavy atom. The second-order valence-electron chi connectivity index (χ2n) is 6.83. The molecule has 0 N–H and O–H groups in total. The molecule has 1 aromatic heterocycles. The number of hydrogen-bond donors (Lipinski definition) is 0. The van der Waals surface area contributed by atoms with Gasteiger partial charge in [-0.1, -0.05) is 0 Å². The molecule has 0 aromatic carbocycles. The van der Waals surface area contributed by atoms with Gasteiger partial charge >= 0.3 is 0 Å². The number of morpholine rings is 1. The smallest absolute Gasteiger partial charge is 0.185 e. The van der Waals surface area contributed by atoms with E-state index >= 15 is 0 Å². The maximum absolute atomic E-state index is 5.66. The van der Waals surface area contributed by atoms with Crippen molar-refractivity contribution in [3.8, 4) is 0 Å². The highest BCUT2D eigenvalue weighted by Gasteiger charge is 2.38. The average Bonchev–Trinajstić information content (AvgIpc) is 3.19. The molecule has 4 heterocycles. The van der Waals surface area contributed by atoms with Crippen LogP contribution in [0.1, 0.15) is 24.1 Å². The summed E-state index contributed by atoms with van der Waals surface area (Å²) in [5.41, 5.74) is 0.440. The lowest BCUT2D eigenvalue weighted by atomic mass is 9.79. The first-order chi connectivity index (χ1) is 10.8. The SMILES string of the molecule is c1nc(N2CCOCC2)sc1CN1CCC[C@]2(CCOC2)C1. The largest absolute Gasteiger partial charge is 0.381 e. The minimum Gasteiger partial charge on any atom is -0.381 e. The first-order valence-electron chi connectivity index (χ1n) is 8.41. The molecule has 0 aliphatic carbocycles. The Morgan fingerprint density at radius 3 is 2.86 bits per heavy atom. The van der Waals surface area contributed by atoms with E-state index in [-0.39, 0.29) is 0 Å². The Kier molecular flexibility index (Phi) is 4.35. The third kappa shape index (κ3) is 3.15. The zero-order valence-electron chi connectivity index (χ0n) is 13.1. The summed E-state index contributed by atoms with van der Waals surface area (Å²) in [6.45, 7) is 8.95. The fourth-order valence-corrected chi connectivity index (χ4v) is 4.91. The van der Waals surface area contributed by atoms with Crippen LogP contribution in [-0.2, 0) is 16.0 Å². The lowest BCUT2D eigenvalue weighted by molar-refractivity contribution is 0.0650. The molecule has 4 rings (SSSR count). The van der Waals surface area contributed by atoms with Crippen molar-refractivity contribution < 1.29 is 9.47 Å². The molecule has 1 aromatic rings. The van der Waals surface area contributed by atoms with Crippen LogP contribution in [0.2, 0.25) is 0 Å². The number of ether oxygens (including phenoxy) is 2. The zero-order chi connectivity index (χ0) is 14.8. The van der Waals surface area contributed by atoms with Crippen LogP contribution in [0.4, 0.5) is 5.13 Å². The molecule has 122 valence electrons. The molecule has 3 fully saturated rings. The number of nitrogens with zero attached hydrogens (tertiary/aromatic N) is 3. The highest BCUT2D eigenvalue weighted by atomic mass is 32.1. The molecule has 3 saturated heterocycles. The van der Waals surface area contributed by atoms with Crippen LogP contribution in [0.25, 0.3) is 0 Å². The Bertz CT molecular complexity index is 495. The van der Waals surface area contributed by atoms with E-state index in [2.05, 4.69) is 21.0 Å². The van der Waals surface area contributed by atoms with Crippen LogP contribution in [0, 0.1) is 5.41 Å². The fourth-order valence-electron chi connectivity index (χ4n) is 3.91. The fraction of sp³-hybridized carbons (Fsp3) is 0.812. The van der Waals surface area contributed by atoms with Gasteiger partial charge in [0.1, 0.15) is 0 Å². The topological polar surface area (TPSA) is 37.8 Å². The summed E-state index contributed by atoms with van der Waals surface area (Å²) in [7, 11) is 0. The normalized spacial score (nSPS) is 30.3. The van der Waals surface area contributed by atoms with Gasteiger partial charge in [0.25, 0.3) is 0 Å². The van der Waals surface area contributed by atoms with Gasteiger partial charge in [-0.15, -0.1) is 11.3 Å². The number of anilines is 1. The molecule has 1 spiro atoms. The lowest BCUT2D eigenvalue weighted by Gasteiger charge is -2.39. The minimum atomic E-state index is 0.440. The maximum atomic E-state index is 5.66. The molecule has 0 unspecified atom stereocenters. The van der Waals surface area contributed by atoms with E-state index < -0.39 is 0 Å². The third-order valence-electron chi connectivity index (χ3n) is 5.13. The van der Waals surface area contributed by atoms with Crippen LogP contribution in [0.15, 0.2) is 6.20 Å². The number of aromatic nitrogens is 1. The molecule has 0 radical (unpaired) electrons. The van der Waals surface area contributed by atoms with E-state index in [1.807, 2.05) is 11.3 Å². The molecule has 3 aliphatic heterocycles. The Morgan fingerprint density at radius 1 is 1.14 bits per heavy atom. The second-order valence-corrected chi connectivity index (χ2v) is 7.92. The molecule has 0 amide bonds. The predicted molar refractivity (Wildman–Crippen MR) is 87.5 cm³/mol. The van der Waals surface area contributed by atoms with Crippen molar-refractivity contribution in [1.82, 2.24) is 9.88 Å². The van der Waals surface area contributed by atoms with Gasteiger partial charge in [-0.25, -0.2) is 4.98 Å². The summed E-state index contributed by atoms with van der Waals surface area (Å²) in [6.07, 6.45) is 5.96. The average molecular weight is 323 g/mol. The van der Waals surface area contributed by atoms with Gasteiger partial charge in [-0.3, -0.25) is 4.90 Å². The van der Waals surface area contributed by atoms with E-state index in [4.69, 9.17) is 9.47 Å². The van der Waals surface area contributed by atoms with Gasteiger partial charge < -0.3 is 14.4 Å². The summed E-state index contributed by atoms with van der Waals surface area (Å²) < 4.78 is 11.1. The number of hydrogen-bond acceptors (Lipinski definition) is 6. The summed E-state index contributed by atoms with van der Waals surface area (Å²) in [5, 5.41) is 1.16. The van der Waals surface area contributed by atoms with Crippen LogP contribution in [0.3, 0.4) is 0 Å². The van der Waals surface area contributed by atoms with E-state index in [9.17, 15) is 0 Å². The molecule has 1 atom stereocenters. The van der Waals surface area contributed by atoms with Crippen molar-refractivity contribution in [2.75, 3.05) is 57.5 Å². The van der Waals surface area contributed by atoms with E-state index in [0.29, 0.717) is 5.41 Å². The quantitative estimate of drug-likeness (QED) is 0.850. The number of likely N-dealkylation sites (tertiary alicyclic amines) is 1. The molecule has 0 saturated carbocycles. The molecule has 3 aliphatic rings. The van der Waals surface area contributed by atoms with Crippen molar-refractivity contribution in [2.45, 2.75) is 25.8 Å². The van der Waals surface area contributed by atoms with Gasteiger partial charge in [-0.2, -0.15) is 0 Å². The van der Waals surface area contributed by atoms with Crippen LogP contribution >= 0.6 is 11.3 Å². The van der Waals surface area contributed by atoms with Crippen molar-refractivity contribution in [3.63, 3.8) is 0 Å². The highest BCUT2D eigenvalue weighted by Crippen LogP contribution is 2.38. The monoisotopic (exact) mass is 323 g/mol. The van der Waals surface area contributed by atoms with Gasteiger partial charge in [0, 0.05) is 49.3 Å². The number of rotatable bonds is 3. The van der Waals surface area contributed by atoms with Crippen molar-refractivity contribution in [3.05, 3.63) is 11.1 Å². The van der Waals surface area contributed by atoms with Crippen molar-refractivity contribution in [2.24, 2.45) is 5.41 Å². The lowest BCUT2D eigenvalue weighted by Crippen LogP contribution is -2.43. The molecule has 22 heavy (non-hydrogen) atoms. The van der Waals surface area contributed by atoms with E-state index in [0.717, 1.165) is 51.2 Å². The summed E-state index contributed by atoms with van der Waals surface area (Å²) in [4.78, 5) is 11.0. The maximum Gasteiger partial charge on any atom is 0.185 e. The van der Waals surface area contributed by atoms with Crippen LogP contribution in [0.5, 0.6) is 0 Å².